The summed E-state index contributed by atoms with van der Waals surface area (Å²) in [5.74, 6) is 0. The molecule has 0 amide bonds. The quantitative estimate of drug-likeness (QED) is 0.109. The van der Waals surface area contributed by atoms with Crippen LogP contribution in [0.15, 0.2) is 346 Å². The molecule has 0 fully saturated rings. The van der Waals surface area contributed by atoms with Crippen molar-refractivity contribution >= 4 is 0 Å². The predicted octanol–water partition coefficient (Wildman–Crippen LogP) is 25.8. The third-order valence-corrected chi connectivity index (χ3v) is 19.0. The second kappa shape index (κ2) is 26.7. The zero-order valence-electron chi connectivity index (χ0n) is 56.3. The van der Waals surface area contributed by atoms with Crippen LogP contribution in [0.3, 0.4) is 0 Å². The van der Waals surface area contributed by atoms with Crippen LogP contribution in [-0.2, 0) is 10.8 Å². The van der Waals surface area contributed by atoms with Gasteiger partial charge in [-0.1, -0.05) is 290 Å². The van der Waals surface area contributed by atoms with Crippen molar-refractivity contribution in [2.24, 2.45) is 0 Å². The Balaban J connectivity index is 0.963. The van der Waals surface area contributed by atoms with Gasteiger partial charge < -0.3 is 0 Å². The van der Waals surface area contributed by atoms with Crippen LogP contribution >= 0.6 is 0 Å². The monoisotopic (exact) mass is 1260 g/mol. The molecule has 98 heavy (non-hydrogen) atoms. The molecule has 15 rings (SSSR count). The summed E-state index contributed by atoms with van der Waals surface area (Å²) < 4.78 is 0. The van der Waals surface area contributed by atoms with Gasteiger partial charge in [0.05, 0.1) is 17.1 Å². The topological polar surface area (TPSA) is 38.7 Å². The molecule has 0 aliphatic carbocycles. The minimum atomic E-state index is -0.0504. The smallest absolute Gasteiger partial charge is 0.0705 e. The van der Waals surface area contributed by atoms with Crippen molar-refractivity contribution in [3.8, 4) is 156 Å². The second-order valence-corrected chi connectivity index (χ2v) is 27.6. The van der Waals surface area contributed by atoms with E-state index in [4.69, 9.17) is 15.0 Å². The van der Waals surface area contributed by atoms with Gasteiger partial charge in [0, 0.05) is 35.3 Å². The highest BCUT2D eigenvalue weighted by atomic mass is 14.7. The molecule has 12 aromatic carbocycles. The minimum absolute atomic E-state index is 0.0258. The third kappa shape index (κ3) is 12.9. The van der Waals surface area contributed by atoms with E-state index in [9.17, 15) is 0 Å². The molecule has 3 heteroatoms. The first-order chi connectivity index (χ1) is 47.8. The van der Waals surface area contributed by atoms with E-state index >= 15 is 0 Å². The van der Waals surface area contributed by atoms with Crippen LogP contribution in [0.4, 0.5) is 0 Å². The number of nitrogens with zero attached hydrogens (tertiary/aromatic N) is 3. The first kappa shape index (κ1) is 62.2. The van der Waals surface area contributed by atoms with E-state index in [0.29, 0.717) is 0 Å². The Morgan fingerprint density at radius 1 is 0.173 bits per heavy atom. The molecule has 3 nitrogen and oxygen atoms in total. The summed E-state index contributed by atoms with van der Waals surface area (Å²) in [7, 11) is 0. The highest BCUT2D eigenvalue weighted by molar-refractivity contribution is 6.01. The third-order valence-electron chi connectivity index (χ3n) is 19.0. The van der Waals surface area contributed by atoms with Crippen molar-refractivity contribution in [3.05, 3.63) is 357 Å². The SMILES string of the molecule is CC(C)(C)c1ccc(-c2ccc(-c3ccccc3-c3cc(-c4ccccc4-c4ccc(-c5ccccn5)cc4-c4ccccc4)cc(-c4ccccc4-c4ccc(-c5cc(C(C)(C)C)ccn5)cc4-c4cccc(-c5ccccc5)c4)c3)c(-c3cccc(-c4ccccc4)c3)c2)nc1. The van der Waals surface area contributed by atoms with Gasteiger partial charge in [-0.05, 0) is 223 Å². The largest absolute Gasteiger partial charge is 0.256 e. The molecular formula is C95H75N3. The molecule has 0 atom stereocenters. The summed E-state index contributed by atoms with van der Waals surface area (Å²) in [5, 5.41) is 0. The van der Waals surface area contributed by atoms with Crippen molar-refractivity contribution in [2.45, 2.75) is 52.4 Å². The molecule has 15 aromatic rings. The van der Waals surface area contributed by atoms with E-state index in [2.05, 4.69) is 363 Å². The first-order valence-corrected chi connectivity index (χ1v) is 33.9. The van der Waals surface area contributed by atoms with E-state index in [0.717, 1.165) is 145 Å². The maximum Gasteiger partial charge on any atom is 0.0705 e. The van der Waals surface area contributed by atoms with E-state index in [1.165, 1.54) is 22.3 Å². The Kier molecular flexibility index (Phi) is 17.0. The van der Waals surface area contributed by atoms with E-state index in [1.807, 2.05) is 24.7 Å². The van der Waals surface area contributed by atoms with E-state index < -0.39 is 0 Å². The van der Waals surface area contributed by atoms with Crippen molar-refractivity contribution in [1.29, 1.82) is 0 Å². The summed E-state index contributed by atoms with van der Waals surface area (Å²) in [6, 6.07) is 120. The van der Waals surface area contributed by atoms with Crippen molar-refractivity contribution in [1.82, 2.24) is 15.0 Å². The standard InChI is InChI=1S/C95H75N3/c1-94(2,3)77-51-53-97-93(62-77)73-45-49-87(90(61-73)70-35-25-33-68(55-70)65-28-12-8-13-29-65)84-41-21-18-38-81(84)76-57-74(79-36-16-19-39-82(79)85-47-43-71(91-42-22-23-52-96-91)59-88(85)66-30-14-9-15-31-66)56-75(58-76)80-37-17-20-40-83(80)86-48-44-72(92-50-46-78(63-98-92)95(4,5)6)60-89(86)69-34-24-32-67(54-69)64-26-10-7-11-27-64/h7-63H,1-6H3. The molecular weight excluding hydrogens is 1180 g/mol. The van der Waals surface area contributed by atoms with Crippen LogP contribution in [0.2, 0.25) is 0 Å². The number of hydrogen-bond donors (Lipinski definition) is 0. The van der Waals surface area contributed by atoms with Crippen LogP contribution in [0.5, 0.6) is 0 Å². The summed E-state index contributed by atoms with van der Waals surface area (Å²) >= 11 is 0. The first-order valence-electron chi connectivity index (χ1n) is 33.9. The van der Waals surface area contributed by atoms with Crippen LogP contribution in [0, 0.1) is 0 Å². The summed E-state index contributed by atoms with van der Waals surface area (Å²) in [6.07, 6.45) is 5.87. The molecule has 0 saturated heterocycles. The fourth-order valence-electron chi connectivity index (χ4n) is 13.7. The second-order valence-electron chi connectivity index (χ2n) is 27.6. The van der Waals surface area contributed by atoms with Crippen LogP contribution in [0.1, 0.15) is 52.7 Å². The van der Waals surface area contributed by atoms with E-state index in [1.54, 1.807) is 0 Å². The molecule has 0 aliphatic heterocycles. The average molecular weight is 1260 g/mol. The number of aromatic nitrogens is 3. The van der Waals surface area contributed by atoms with Gasteiger partial charge in [-0.3, -0.25) is 15.0 Å². The minimum Gasteiger partial charge on any atom is -0.256 e. The maximum absolute atomic E-state index is 5.12. The van der Waals surface area contributed by atoms with Crippen molar-refractivity contribution in [3.63, 3.8) is 0 Å². The zero-order chi connectivity index (χ0) is 66.7. The molecule has 0 spiro atoms. The normalized spacial score (nSPS) is 11.6. The Morgan fingerprint density at radius 3 is 0.939 bits per heavy atom. The fourth-order valence-corrected chi connectivity index (χ4v) is 13.7. The van der Waals surface area contributed by atoms with Gasteiger partial charge in [0.2, 0.25) is 0 Å². The zero-order valence-corrected chi connectivity index (χ0v) is 56.3. The average Bonchev–Trinajstić information content (AvgIpc) is 0.768. The fraction of sp³-hybridized carbons (Fsp3) is 0.0842. The van der Waals surface area contributed by atoms with Gasteiger partial charge in [0.25, 0.3) is 0 Å². The van der Waals surface area contributed by atoms with E-state index in [-0.39, 0.29) is 10.8 Å². The highest BCUT2D eigenvalue weighted by Crippen LogP contribution is 2.48. The van der Waals surface area contributed by atoms with Gasteiger partial charge in [-0.25, -0.2) is 0 Å². The lowest BCUT2D eigenvalue weighted by Crippen LogP contribution is -2.11. The highest BCUT2D eigenvalue weighted by Gasteiger charge is 2.23. The summed E-state index contributed by atoms with van der Waals surface area (Å²) in [6.45, 7) is 13.5. The molecule has 0 radical (unpaired) electrons. The molecule has 3 heterocycles. The van der Waals surface area contributed by atoms with Gasteiger partial charge >= 0.3 is 0 Å². The van der Waals surface area contributed by atoms with Crippen molar-refractivity contribution in [2.75, 3.05) is 0 Å². The Bertz CT molecular complexity index is 5370. The van der Waals surface area contributed by atoms with Gasteiger partial charge in [-0.2, -0.15) is 0 Å². The number of rotatable bonds is 14. The Labute approximate surface area is 577 Å². The maximum atomic E-state index is 5.12. The van der Waals surface area contributed by atoms with Crippen LogP contribution < -0.4 is 0 Å². The molecule has 0 unspecified atom stereocenters. The Hall–Kier alpha value is -11.9. The van der Waals surface area contributed by atoms with Gasteiger partial charge in [0.15, 0.2) is 0 Å². The van der Waals surface area contributed by atoms with Gasteiger partial charge in [0.1, 0.15) is 0 Å². The molecule has 0 aliphatic rings. The van der Waals surface area contributed by atoms with Crippen molar-refractivity contribution < 1.29 is 0 Å². The van der Waals surface area contributed by atoms with Crippen LogP contribution in [0.25, 0.3) is 156 Å². The molecule has 0 bridgehead atoms. The molecule has 3 aromatic heterocycles. The predicted molar refractivity (Wildman–Crippen MR) is 413 cm³/mol. The number of benzene rings is 12. The van der Waals surface area contributed by atoms with Gasteiger partial charge in [-0.15, -0.1) is 0 Å². The lowest BCUT2D eigenvalue weighted by Gasteiger charge is -2.21. The molecule has 0 N–H and O–H groups in total. The Morgan fingerprint density at radius 2 is 0.520 bits per heavy atom. The number of pyridine rings is 3. The van der Waals surface area contributed by atoms with Crippen LogP contribution in [-0.4, -0.2) is 15.0 Å². The molecule has 470 valence electrons. The molecule has 0 saturated carbocycles. The summed E-state index contributed by atoms with van der Waals surface area (Å²) in [5.41, 5.74) is 33.2. The lowest BCUT2D eigenvalue weighted by molar-refractivity contribution is 0.587. The lowest BCUT2D eigenvalue weighted by atomic mass is 9.83. The number of hydrogen-bond acceptors (Lipinski definition) is 3. The summed E-state index contributed by atoms with van der Waals surface area (Å²) in [4.78, 5) is 15.0.